The van der Waals surface area contributed by atoms with Gasteiger partial charge < -0.3 is 10.1 Å². The average Bonchev–Trinajstić information content (AvgIpc) is 2.82. The van der Waals surface area contributed by atoms with Crippen LogP contribution in [0.1, 0.15) is 28.7 Å². The molecule has 0 saturated heterocycles. The lowest BCUT2D eigenvalue weighted by Crippen LogP contribution is -2.11. The van der Waals surface area contributed by atoms with Crippen LogP contribution in [0.25, 0.3) is 0 Å². The van der Waals surface area contributed by atoms with Gasteiger partial charge in [-0.05, 0) is 19.9 Å². The smallest absolute Gasteiger partial charge is 0.341 e. The summed E-state index contributed by atoms with van der Waals surface area (Å²) in [5.41, 5.74) is 1.86. The minimum absolute atomic E-state index is 0.331. The number of rotatable bonds is 5. The minimum Gasteiger partial charge on any atom is -0.462 e. The topological polar surface area (TPSA) is 81.9 Å². The Labute approximate surface area is 117 Å². The minimum atomic E-state index is -0.402. The summed E-state index contributed by atoms with van der Waals surface area (Å²) < 4.78 is 6.66. The summed E-state index contributed by atoms with van der Waals surface area (Å²) >= 11 is 0. The molecule has 0 amide bonds. The Balaban J connectivity index is 2.03. The van der Waals surface area contributed by atoms with Crippen LogP contribution in [0.4, 0.5) is 5.95 Å². The Hall–Kier alpha value is -2.44. The normalized spacial score (nSPS) is 10.3. The van der Waals surface area contributed by atoms with Crippen molar-refractivity contribution >= 4 is 11.9 Å². The summed E-state index contributed by atoms with van der Waals surface area (Å²) in [4.78, 5) is 20.0. The zero-order valence-electron chi connectivity index (χ0n) is 11.8. The summed E-state index contributed by atoms with van der Waals surface area (Å²) in [6, 6.07) is 1.91. The van der Waals surface area contributed by atoms with Gasteiger partial charge in [-0.1, -0.05) is 0 Å². The van der Waals surface area contributed by atoms with E-state index in [4.69, 9.17) is 4.74 Å². The maximum absolute atomic E-state index is 11.6. The predicted octanol–water partition coefficient (Wildman–Crippen LogP) is 1.31. The Morgan fingerprint density at radius 3 is 2.90 bits per heavy atom. The van der Waals surface area contributed by atoms with Gasteiger partial charge in [0.15, 0.2) is 0 Å². The van der Waals surface area contributed by atoms with E-state index in [-0.39, 0.29) is 0 Å². The first kappa shape index (κ1) is 14.0. The summed E-state index contributed by atoms with van der Waals surface area (Å²) in [5, 5.41) is 7.31. The zero-order valence-corrected chi connectivity index (χ0v) is 11.8. The number of nitrogens with zero attached hydrogens (tertiary/aromatic N) is 4. The van der Waals surface area contributed by atoms with E-state index < -0.39 is 5.97 Å². The summed E-state index contributed by atoms with van der Waals surface area (Å²) in [7, 11) is 1.86. The molecule has 0 spiro atoms. The molecular weight excluding hydrogens is 258 g/mol. The largest absolute Gasteiger partial charge is 0.462 e. The number of carbonyl (C=O) groups is 1. The third kappa shape index (κ3) is 3.31. The van der Waals surface area contributed by atoms with Crippen LogP contribution in [0.2, 0.25) is 0 Å². The predicted molar refractivity (Wildman–Crippen MR) is 73.3 cm³/mol. The molecule has 20 heavy (non-hydrogen) atoms. The van der Waals surface area contributed by atoms with Crippen LogP contribution in [0.3, 0.4) is 0 Å². The van der Waals surface area contributed by atoms with Gasteiger partial charge in [0.1, 0.15) is 0 Å². The molecule has 2 aromatic heterocycles. The van der Waals surface area contributed by atoms with Crippen molar-refractivity contribution in [3.05, 3.63) is 35.4 Å². The number of ether oxygens (including phenoxy) is 1. The highest BCUT2D eigenvalue weighted by Crippen LogP contribution is 2.09. The molecule has 0 bridgehead atoms. The third-order valence-electron chi connectivity index (χ3n) is 2.67. The highest BCUT2D eigenvalue weighted by Gasteiger charge is 2.12. The fourth-order valence-electron chi connectivity index (χ4n) is 1.69. The van der Waals surface area contributed by atoms with Crippen molar-refractivity contribution in [2.24, 2.45) is 7.05 Å². The molecular formula is C13H17N5O2. The summed E-state index contributed by atoms with van der Waals surface area (Å²) in [6.45, 7) is 4.37. The van der Waals surface area contributed by atoms with Crippen LogP contribution in [-0.2, 0) is 18.3 Å². The van der Waals surface area contributed by atoms with Crippen LogP contribution in [0, 0.1) is 6.92 Å². The van der Waals surface area contributed by atoms with Crippen molar-refractivity contribution < 1.29 is 9.53 Å². The number of hydrogen-bond donors (Lipinski definition) is 1. The van der Waals surface area contributed by atoms with Gasteiger partial charge in [0, 0.05) is 19.4 Å². The molecule has 2 heterocycles. The number of nitrogens with one attached hydrogen (secondary N) is 1. The molecule has 0 aliphatic rings. The van der Waals surface area contributed by atoms with Gasteiger partial charge in [0.05, 0.1) is 30.1 Å². The van der Waals surface area contributed by atoms with E-state index in [2.05, 4.69) is 20.4 Å². The highest BCUT2D eigenvalue weighted by atomic mass is 16.5. The molecule has 7 heteroatoms. The fourth-order valence-corrected chi connectivity index (χ4v) is 1.69. The zero-order chi connectivity index (χ0) is 14.5. The summed E-state index contributed by atoms with van der Waals surface area (Å²) in [6.07, 6.45) is 3.34. The van der Waals surface area contributed by atoms with E-state index in [0.717, 1.165) is 5.69 Å². The number of anilines is 1. The quantitative estimate of drug-likeness (QED) is 0.828. The molecule has 0 fully saturated rings. The number of aryl methyl sites for hydroxylation is 2. The van der Waals surface area contributed by atoms with E-state index >= 15 is 0 Å². The van der Waals surface area contributed by atoms with Gasteiger partial charge >= 0.3 is 5.97 Å². The van der Waals surface area contributed by atoms with Crippen LogP contribution >= 0.6 is 0 Å². The van der Waals surface area contributed by atoms with Crippen molar-refractivity contribution in [2.45, 2.75) is 20.4 Å². The fraction of sp³-hybridized carbons (Fsp3) is 0.385. The monoisotopic (exact) mass is 275 g/mol. The molecule has 0 unspecified atom stereocenters. The molecule has 0 aliphatic heterocycles. The molecule has 2 rings (SSSR count). The first-order valence-corrected chi connectivity index (χ1v) is 6.33. The van der Waals surface area contributed by atoms with Crippen molar-refractivity contribution in [2.75, 3.05) is 11.9 Å². The van der Waals surface area contributed by atoms with Crippen LogP contribution in [-0.4, -0.2) is 32.3 Å². The lowest BCUT2D eigenvalue weighted by molar-refractivity contribution is 0.0524. The SMILES string of the molecule is CCOC(=O)c1cnc(NCc2ccn(C)n2)nc1C. The molecule has 0 radical (unpaired) electrons. The van der Waals surface area contributed by atoms with E-state index in [9.17, 15) is 4.79 Å². The molecule has 0 aromatic carbocycles. The Bertz CT molecular complexity index is 609. The van der Waals surface area contributed by atoms with Crippen molar-refractivity contribution in [3.8, 4) is 0 Å². The molecule has 0 aliphatic carbocycles. The lowest BCUT2D eigenvalue weighted by atomic mass is 10.2. The standard InChI is InChI=1S/C13H17N5O2/c1-4-20-12(19)11-8-15-13(16-9(11)2)14-7-10-5-6-18(3)17-10/h5-6,8H,4,7H2,1-3H3,(H,14,15,16). The molecule has 7 nitrogen and oxygen atoms in total. The maximum atomic E-state index is 11.6. The molecule has 0 atom stereocenters. The molecule has 0 saturated carbocycles. The molecule has 106 valence electrons. The van der Waals surface area contributed by atoms with E-state index in [1.54, 1.807) is 18.5 Å². The van der Waals surface area contributed by atoms with E-state index in [1.165, 1.54) is 6.20 Å². The highest BCUT2D eigenvalue weighted by molar-refractivity contribution is 5.90. The Morgan fingerprint density at radius 2 is 2.30 bits per heavy atom. The molecule has 1 N–H and O–H groups in total. The van der Waals surface area contributed by atoms with Gasteiger partial charge in [-0.3, -0.25) is 4.68 Å². The first-order valence-electron chi connectivity index (χ1n) is 6.33. The second-order valence-electron chi connectivity index (χ2n) is 4.25. The van der Waals surface area contributed by atoms with Crippen LogP contribution in [0.15, 0.2) is 18.5 Å². The van der Waals surface area contributed by atoms with Crippen molar-refractivity contribution in [1.29, 1.82) is 0 Å². The maximum Gasteiger partial charge on any atom is 0.341 e. The first-order chi connectivity index (χ1) is 9.60. The number of aromatic nitrogens is 4. The van der Waals surface area contributed by atoms with Gasteiger partial charge in [-0.2, -0.15) is 5.10 Å². The third-order valence-corrected chi connectivity index (χ3v) is 2.67. The Kier molecular flexibility index (Phi) is 4.29. The van der Waals surface area contributed by atoms with E-state index in [1.807, 2.05) is 19.3 Å². The second kappa shape index (κ2) is 6.14. The van der Waals surface area contributed by atoms with Gasteiger partial charge in [0.25, 0.3) is 0 Å². The van der Waals surface area contributed by atoms with Crippen molar-refractivity contribution in [1.82, 2.24) is 19.7 Å². The van der Waals surface area contributed by atoms with Crippen LogP contribution in [0.5, 0.6) is 0 Å². The second-order valence-corrected chi connectivity index (χ2v) is 4.25. The Morgan fingerprint density at radius 1 is 1.50 bits per heavy atom. The number of carbonyl (C=O) groups excluding carboxylic acids is 1. The average molecular weight is 275 g/mol. The van der Waals surface area contributed by atoms with Crippen molar-refractivity contribution in [3.63, 3.8) is 0 Å². The van der Waals surface area contributed by atoms with Gasteiger partial charge in [0.2, 0.25) is 5.95 Å². The molecule has 2 aromatic rings. The van der Waals surface area contributed by atoms with Gasteiger partial charge in [-0.25, -0.2) is 14.8 Å². The lowest BCUT2D eigenvalue weighted by Gasteiger charge is -2.07. The van der Waals surface area contributed by atoms with Crippen LogP contribution < -0.4 is 5.32 Å². The van der Waals surface area contributed by atoms with Gasteiger partial charge in [-0.15, -0.1) is 0 Å². The number of hydrogen-bond acceptors (Lipinski definition) is 6. The van der Waals surface area contributed by atoms with E-state index in [0.29, 0.717) is 30.4 Å². The number of esters is 1. The summed E-state index contributed by atoms with van der Waals surface area (Å²) in [5.74, 6) is 0.0578.